The summed E-state index contributed by atoms with van der Waals surface area (Å²) in [7, 11) is 2.31. The second-order valence-electron chi connectivity index (χ2n) is 10.7. The molecule has 1 aliphatic heterocycles. The minimum atomic E-state index is -0.280. The van der Waals surface area contributed by atoms with Crippen molar-refractivity contribution in [1.29, 1.82) is 0 Å². The quantitative estimate of drug-likeness (QED) is 0.532. The topological polar surface area (TPSA) is 69.7 Å². The lowest BCUT2D eigenvalue weighted by Gasteiger charge is -2.31. The summed E-state index contributed by atoms with van der Waals surface area (Å²) in [5.74, 6) is 1.48. The minimum absolute atomic E-state index is 0.274. The van der Waals surface area contributed by atoms with Crippen LogP contribution in [0.1, 0.15) is 58.3 Å². The van der Waals surface area contributed by atoms with Gasteiger partial charge in [-0.25, -0.2) is 9.78 Å². The molecular weight excluding hydrogens is 438 g/mol. The summed E-state index contributed by atoms with van der Waals surface area (Å²) in [4.78, 5) is 21.9. The number of benzene rings is 1. The molecule has 2 N–H and O–H groups in total. The van der Waals surface area contributed by atoms with E-state index < -0.39 is 0 Å². The Labute approximate surface area is 209 Å². The molecule has 2 aromatic rings. The molecule has 0 radical (unpaired) electrons. The summed E-state index contributed by atoms with van der Waals surface area (Å²) in [5.41, 5.74) is 2.63. The molecule has 3 unspecified atom stereocenters. The fourth-order valence-electron chi connectivity index (χ4n) is 5.90. The molecular formula is C28H39N5O2. The molecule has 2 amide bonds. The summed E-state index contributed by atoms with van der Waals surface area (Å²) in [6.07, 6.45) is 11.8. The van der Waals surface area contributed by atoms with Crippen molar-refractivity contribution in [3.8, 4) is 5.88 Å². The van der Waals surface area contributed by atoms with E-state index in [-0.39, 0.29) is 12.1 Å². The molecule has 3 fully saturated rings. The summed E-state index contributed by atoms with van der Waals surface area (Å²) >= 11 is 0. The smallest absolute Gasteiger partial charge is 0.323 e. The molecule has 3 aliphatic rings. The van der Waals surface area contributed by atoms with E-state index in [0.29, 0.717) is 17.6 Å². The first kappa shape index (κ1) is 23.9. The second-order valence-corrected chi connectivity index (χ2v) is 10.7. The third-order valence-electron chi connectivity index (χ3n) is 8.06. The number of nitrogens with zero attached hydrogens (tertiary/aromatic N) is 3. The van der Waals surface area contributed by atoms with Crippen LogP contribution in [-0.2, 0) is 0 Å². The fourth-order valence-corrected chi connectivity index (χ4v) is 5.90. The molecule has 1 saturated heterocycles. The van der Waals surface area contributed by atoms with Gasteiger partial charge in [0, 0.05) is 42.6 Å². The van der Waals surface area contributed by atoms with E-state index in [1.807, 2.05) is 24.3 Å². The summed E-state index contributed by atoms with van der Waals surface area (Å²) in [6.45, 7) is 4.53. The van der Waals surface area contributed by atoms with Crippen molar-refractivity contribution in [2.75, 3.05) is 35.7 Å². The number of amides is 2. The van der Waals surface area contributed by atoms with Gasteiger partial charge < -0.3 is 20.3 Å². The number of urea groups is 1. The fraction of sp³-hybridized carbons (Fsp3) is 0.571. The number of anilines is 3. The summed E-state index contributed by atoms with van der Waals surface area (Å²) in [5, 5.41) is 5.76. The predicted molar refractivity (Wildman–Crippen MR) is 141 cm³/mol. The molecule has 3 atom stereocenters. The number of likely N-dealkylation sites (N-methyl/N-ethyl adjacent to an activating group) is 1. The average Bonchev–Trinajstić information content (AvgIpc) is 3.63. The molecule has 2 aliphatic carbocycles. The van der Waals surface area contributed by atoms with Crippen LogP contribution in [0.5, 0.6) is 5.88 Å². The Balaban J connectivity index is 1.09. The molecule has 7 nitrogen and oxygen atoms in total. The number of ether oxygens (including phenoxy) is 1. The molecule has 188 valence electrons. The van der Waals surface area contributed by atoms with E-state index in [1.54, 1.807) is 6.20 Å². The van der Waals surface area contributed by atoms with Gasteiger partial charge in [-0.05, 0) is 94.7 Å². The van der Waals surface area contributed by atoms with Gasteiger partial charge in [0.1, 0.15) is 6.10 Å². The molecule has 1 aromatic carbocycles. The van der Waals surface area contributed by atoms with Gasteiger partial charge in [-0.2, -0.15) is 0 Å². The van der Waals surface area contributed by atoms with E-state index in [9.17, 15) is 4.79 Å². The van der Waals surface area contributed by atoms with E-state index in [2.05, 4.69) is 51.5 Å². The van der Waals surface area contributed by atoms with Crippen LogP contribution in [0.2, 0.25) is 0 Å². The molecule has 0 spiro atoms. The Morgan fingerprint density at radius 3 is 2.40 bits per heavy atom. The van der Waals surface area contributed by atoms with Crippen molar-refractivity contribution >= 4 is 23.1 Å². The van der Waals surface area contributed by atoms with Gasteiger partial charge in [0.25, 0.3) is 0 Å². The van der Waals surface area contributed by atoms with Gasteiger partial charge >= 0.3 is 6.03 Å². The normalized spacial score (nSPS) is 24.8. The molecule has 2 heterocycles. The van der Waals surface area contributed by atoms with E-state index >= 15 is 0 Å². The maximum atomic E-state index is 12.5. The van der Waals surface area contributed by atoms with Gasteiger partial charge in [-0.1, -0.05) is 6.92 Å². The number of carbonyl (C=O) groups is 1. The minimum Gasteiger partial charge on any atom is -0.474 e. The predicted octanol–water partition coefficient (Wildman–Crippen LogP) is 5.75. The van der Waals surface area contributed by atoms with Gasteiger partial charge in [0.2, 0.25) is 5.88 Å². The number of nitrogens with one attached hydrogen (secondary N) is 2. The van der Waals surface area contributed by atoms with Crippen LogP contribution in [0, 0.1) is 5.92 Å². The average molecular weight is 478 g/mol. The second kappa shape index (κ2) is 10.9. The standard InChI is InChI=1S/C28H39N5O2/c1-20-7-11-24(17-20)32(2)25-15-16-33(19-25)23-12-8-21(9-13-23)30-28(34)31-22-10-14-27(29-18-22)35-26-5-3-4-6-26/h8-10,12-14,18,20,24-26H,3-7,11,15-17,19H2,1-2H3,(H2,30,31,34). The number of pyridine rings is 1. The Bertz CT molecular complexity index is 974. The third kappa shape index (κ3) is 6.07. The highest BCUT2D eigenvalue weighted by Gasteiger charge is 2.32. The highest BCUT2D eigenvalue weighted by atomic mass is 16.5. The summed E-state index contributed by atoms with van der Waals surface area (Å²) in [6, 6.07) is 12.9. The zero-order valence-electron chi connectivity index (χ0n) is 21.1. The SMILES string of the molecule is CC1CCC(N(C)C2CCN(c3ccc(NC(=O)Nc4ccc(OC5CCCC5)nc4)cc3)C2)C1. The number of carbonyl (C=O) groups excluding carboxylic acids is 1. The van der Waals surface area contributed by atoms with Gasteiger partial charge in [-0.15, -0.1) is 0 Å². The van der Waals surface area contributed by atoms with Crippen molar-refractivity contribution in [3.63, 3.8) is 0 Å². The van der Waals surface area contributed by atoms with Gasteiger partial charge in [0.05, 0.1) is 11.9 Å². The maximum absolute atomic E-state index is 12.5. The van der Waals surface area contributed by atoms with Crippen LogP contribution in [-0.4, -0.2) is 54.2 Å². The zero-order valence-corrected chi connectivity index (χ0v) is 21.1. The van der Waals surface area contributed by atoms with Crippen LogP contribution in [0.4, 0.5) is 21.9 Å². The lowest BCUT2D eigenvalue weighted by atomic mass is 10.1. The van der Waals surface area contributed by atoms with Crippen molar-refractivity contribution in [3.05, 3.63) is 42.6 Å². The first-order chi connectivity index (χ1) is 17.0. The lowest BCUT2D eigenvalue weighted by molar-refractivity contribution is 0.184. The van der Waals surface area contributed by atoms with Crippen LogP contribution in [0.15, 0.2) is 42.6 Å². The van der Waals surface area contributed by atoms with E-state index in [0.717, 1.165) is 43.6 Å². The highest BCUT2D eigenvalue weighted by molar-refractivity contribution is 5.99. The molecule has 0 bridgehead atoms. The van der Waals surface area contributed by atoms with Crippen molar-refractivity contribution < 1.29 is 9.53 Å². The Hall–Kier alpha value is -2.80. The van der Waals surface area contributed by atoms with Crippen molar-refractivity contribution in [2.45, 2.75) is 76.5 Å². The van der Waals surface area contributed by atoms with Crippen LogP contribution >= 0.6 is 0 Å². The molecule has 5 rings (SSSR count). The molecule has 2 saturated carbocycles. The van der Waals surface area contributed by atoms with Crippen LogP contribution in [0.25, 0.3) is 0 Å². The lowest BCUT2D eigenvalue weighted by Crippen LogP contribution is -2.40. The largest absolute Gasteiger partial charge is 0.474 e. The first-order valence-corrected chi connectivity index (χ1v) is 13.3. The van der Waals surface area contributed by atoms with E-state index in [1.165, 1.54) is 44.2 Å². The Kier molecular flexibility index (Phi) is 7.42. The number of hydrogen-bond acceptors (Lipinski definition) is 5. The number of rotatable bonds is 7. The van der Waals surface area contributed by atoms with Gasteiger partial charge in [-0.3, -0.25) is 4.90 Å². The monoisotopic (exact) mass is 477 g/mol. The zero-order chi connectivity index (χ0) is 24.2. The third-order valence-corrected chi connectivity index (χ3v) is 8.06. The Morgan fingerprint density at radius 2 is 1.71 bits per heavy atom. The van der Waals surface area contributed by atoms with E-state index in [4.69, 9.17) is 4.74 Å². The maximum Gasteiger partial charge on any atom is 0.323 e. The molecule has 35 heavy (non-hydrogen) atoms. The van der Waals surface area contributed by atoms with Crippen LogP contribution in [0.3, 0.4) is 0 Å². The molecule has 1 aromatic heterocycles. The summed E-state index contributed by atoms with van der Waals surface area (Å²) < 4.78 is 5.89. The number of hydrogen-bond donors (Lipinski definition) is 2. The molecule has 7 heteroatoms. The van der Waals surface area contributed by atoms with Crippen molar-refractivity contribution in [1.82, 2.24) is 9.88 Å². The Morgan fingerprint density at radius 1 is 0.971 bits per heavy atom. The van der Waals surface area contributed by atoms with Crippen molar-refractivity contribution in [2.24, 2.45) is 5.92 Å². The number of aromatic nitrogens is 1. The van der Waals surface area contributed by atoms with Gasteiger partial charge in [0.15, 0.2) is 0 Å². The van der Waals surface area contributed by atoms with Crippen LogP contribution < -0.4 is 20.3 Å². The highest BCUT2D eigenvalue weighted by Crippen LogP contribution is 2.32. The first-order valence-electron chi connectivity index (χ1n) is 13.3.